The molecule has 0 bridgehead atoms. The second-order valence-corrected chi connectivity index (χ2v) is 9.96. The molecule has 3 aliphatic rings. The number of rotatable bonds is 8. The van der Waals surface area contributed by atoms with Crippen LogP contribution in [0, 0.1) is 0 Å². The van der Waals surface area contributed by atoms with Gasteiger partial charge in [-0.3, -0.25) is 19.2 Å². The van der Waals surface area contributed by atoms with E-state index in [0.29, 0.717) is 34.1 Å². The Morgan fingerprint density at radius 3 is 2.14 bits per heavy atom. The van der Waals surface area contributed by atoms with E-state index < -0.39 is 48.6 Å². The first kappa shape index (κ1) is 29.5. The zero-order valence-corrected chi connectivity index (χ0v) is 23.8. The molecule has 2 aromatic rings. The Bertz CT molecular complexity index is 1660. The molecule has 2 aromatic carbocycles. The lowest BCUT2D eigenvalue weighted by molar-refractivity contribution is -0.280. The molecule has 0 radical (unpaired) electrons. The summed E-state index contributed by atoms with van der Waals surface area (Å²) >= 11 is 0. The zero-order valence-electron chi connectivity index (χ0n) is 23.8. The highest BCUT2D eigenvalue weighted by Crippen LogP contribution is 2.31. The van der Waals surface area contributed by atoms with Gasteiger partial charge in [0.1, 0.15) is 29.3 Å². The van der Waals surface area contributed by atoms with Crippen molar-refractivity contribution in [3.05, 3.63) is 76.5 Å². The van der Waals surface area contributed by atoms with Crippen molar-refractivity contribution in [1.29, 1.82) is 0 Å². The van der Waals surface area contributed by atoms with Crippen LogP contribution in [0.15, 0.2) is 69.9 Å². The van der Waals surface area contributed by atoms with E-state index in [2.05, 4.69) is 4.98 Å². The summed E-state index contributed by atoms with van der Waals surface area (Å²) in [4.78, 5) is 51.7. The summed E-state index contributed by atoms with van der Waals surface area (Å²) in [6.45, 7) is 5.46. The first-order valence-electron chi connectivity index (χ1n) is 13.5. The standard InChI is InChI=1S/C31H29NO11/c1-16-28(39-17(2)33)29(40-18(3)34)30(41-19(4)35)31(38-16)42-22-8-5-20(6-9-22)15-37-23-10-12-25-27(14-23)43-26-13-21(36)7-11-24(26)32-25/h5-14,16,28-31H,15H2,1-4H3/t16-,28+,29+,30-,31+/m1/s1. The Balaban J connectivity index is 1.28. The molecule has 2 heterocycles. The summed E-state index contributed by atoms with van der Waals surface area (Å²) in [6, 6.07) is 16.6. The SMILES string of the molecule is CC(=O)O[C@H]1[C@@H](OC(C)=O)[C@@H](C)O[C@@H](Oc2ccc(COc3ccc4nc5ccc(=O)cc-5oc4c3)cc2)[C@@H]1OC(C)=O. The third-order valence-electron chi connectivity index (χ3n) is 6.54. The highest BCUT2D eigenvalue weighted by atomic mass is 16.7. The minimum absolute atomic E-state index is 0.168. The lowest BCUT2D eigenvalue weighted by atomic mass is 9.99. The van der Waals surface area contributed by atoms with Crippen molar-refractivity contribution in [1.82, 2.24) is 4.98 Å². The van der Waals surface area contributed by atoms with Gasteiger partial charge in [-0.15, -0.1) is 0 Å². The summed E-state index contributed by atoms with van der Waals surface area (Å²) in [5, 5.41) is 0. The largest absolute Gasteiger partial charge is 0.489 e. The van der Waals surface area contributed by atoms with Crippen molar-refractivity contribution in [2.45, 2.75) is 65.0 Å². The fourth-order valence-electron chi connectivity index (χ4n) is 4.70. The van der Waals surface area contributed by atoms with Crippen LogP contribution in [-0.2, 0) is 39.9 Å². The van der Waals surface area contributed by atoms with Gasteiger partial charge in [0.2, 0.25) is 12.4 Å². The average Bonchev–Trinajstić information content (AvgIpc) is 2.95. The maximum Gasteiger partial charge on any atom is 0.303 e. The van der Waals surface area contributed by atoms with Crippen LogP contribution in [0.3, 0.4) is 0 Å². The Labute approximate surface area is 245 Å². The Hall–Kier alpha value is -4.97. The van der Waals surface area contributed by atoms with Crippen LogP contribution in [-0.4, -0.2) is 53.6 Å². The van der Waals surface area contributed by atoms with Crippen molar-refractivity contribution in [2.75, 3.05) is 0 Å². The van der Waals surface area contributed by atoms with Gasteiger partial charge in [0.15, 0.2) is 29.0 Å². The maximum absolute atomic E-state index is 11.9. The van der Waals surface area contributed by atoms with Crippen molar-refractivity contribution in [3.63, 3.8) is 0 Å². The third-order valence-corrected chi connectivity index (χ3v) is 6.54. The number of benzene rings is 3. The van der Waals surface area contributed by atoms with Gasteiger partial charge in [0.05, 0.1) is 6.10 Å². The Kier molecular flexibility index (Phi) is 8.58. The monoisotopic (exact) mass is 591 g/mol. The van der Waals surface area contributed by atoms with Gasteiger partial charge in [-0.1, -0.05) is 12.1 Å². The highest BCUT2D eigenvalue weighted by molar-refractivity contribution is 5.77. The van der Waals surface area contributed by atoms with E-state index in [1.54, 1.807) is 55.5 Å². The maximum atomic E-state index is 11.9. The molecule has 43 heavy (non-hydrogen) atoms. The molecule has 1 fully saturated rings. The lowest BCUT2D eigenvalue weighted by Crippen LogP contribution is -2.62. The number of fused-ring (bicyclic) bond motifs is 2. The molecule has 5 rings (SSSR count). The van der Waals surface area contributed by atoms with Crippen LogP contribution in [0.5, 0.6) is 11.5 Å². The molecule has 1 aliphatic carbocycles. The fraction of sp³-hybridized carbons (Fsp3) is 0.323. The van der Waals surface area contributed by atoms with Gasteiger partial charge in [0, 0.05) is 32.9 Å². The molecule has 224 valence electrons. The molecule has 1 saturated heterocycles. The Morgan fingerprint density at radius 1 is 0.791 bits per heavy atom. The van der Waals surface area contributed by atoms with E-state index in [-0.39, 0.29) is 12.0 Å². The molecule has 0 spiro atoms. The molecule has 12 nitrogen and oxygen atoms in total. The number of aromatic nitrogens is 1. The average molecular weight is 592 g/mol. The van der Waals surface area contributed by atoms with Crippen LogP contribution in [0.2, 0.25) is 0 Å². The van der Waals surface area contributed by atoms with Crippen LogP contribution in [0.4, 0.5) is 0 Å². The molecule has 0 aromatic heterocycles. The predicted octanol–water partition coefficient (Wildman–Crippen LogP) is 3.79. The minimum atomic E-state index is -1.21. The second-order valence-electron chi connectivity index (χ2n) is 9.96. The molecule has 12 heteroatoms. The van der Waals surface area contributed by atoms with Crippen LogP contribution in [0.25, 0.3) is 22.6 Å². The van der Waals surface area contributed by atoms with Crippen LogP contribution >= 0.6 is 0 Å². The molecule has 0 unspecified atom stereocenters. The van der Waals surface area contributed by atoms with Crippen molar-refractivity contribution >= 4 is 29.0 Å². The quantitative estimate of drug-likeness (QED) is 0.167. The summed E-state index contributed by atoms with van der Waals surface area (Å²) in [5.74, 6) is -0.616. The Morgan fingerprint density at radius 2 is 1.44 bits per heavy atom. The van der Waals surface area contributed by atoms with Gasteiger partial charge in [-0.05, 0) is 48.9 Å². The van der Waals surface area contributed by atoms with E-state index in [4.69, 9.17) is 32.8 Å². The first-order chi connectivity index (χ1) is 20.5. The summed E-state index contributed by atoms with van der Waals surface area (Å²) < 4.78 is 39.8. The topological polar surface area (TPSA) is 150 Å². The summed E-state index contributed by atoms with van der Waals surface area (Å²) in [7, 11) is 0. The van der Waals surface area contributed by atoms with E-state index in [1.807, 2.05) is 0 Å². The van der Waals surface area contributed by atoms with Gasteiger partial charge in [-0.2, -0.15) is 0 Å². The van der Waals surface area contributed by atoms with E-state index in [9.17, 15) is 19.2 Å². The number of carbonyl (C=O) groups excluding carboxylic acids is 3. The number of hydrogen-bond donors (Lipinski definition) is 0. The molecular formula is C31H29NO11. The molecule has 5 atom stereocenters. The zero-order chi connectivity index (χ0) is 30.7. The predicted molar refractivity (Wildman–Crippen MR) is 149 cm³/mol. The van der Waals surface area contributed by atoms with Gasteiger partial charge in [0.25, 0.3) is 0 Å². The number of esters is 3. The number of ether oxygens (including phenoxy) is 6. The lowest BCUT2D eigenvalue weighted by Gasteiger charge is -2.43. The second kappa shape index (κ2) is 12.5. The van der Waals surface area contributed by atoms with Crippen molar-refractivity contribution < 1.29 is 47.2 Å². The van der Waals surface area contributed by atoms with Crippen molar-refractivity contribution in [3.8, 4) is 23.0 Å². The summed E-state index contributed by atoms with van der Waals surface area (Å²) in [6.07, 6.45) is -5.30. The molecule has 0 N–H and O–H groups in total. The van der Waals surface area contributed by atoms with Crippen LogP contribution < -0.4 is 14.9 Å². The molecule has 0 amide bonds. The van der Waals surface area contributed by atoms with Gasteiger partial charge >= 0.3 is 17.9 Å². The molecular weight excluding hydrogens is 562 g/mol. The number of nitrogens with zero attached hydrogens (tertiary/aromatic N) is 1. The number of carbonyl (C=O) groups is 3. The first-order valence-corrected chi connectivity index (χ1v) is 13.5. The molecule has 2 aliphatic heterocycles. The fourth-order valence-corrected chi connectivity index (χ4v) is 4.70. The normalized spacial score (nSPS) is 21.6. The van der Waals surface area contributed by atoms with E-state index in [0.717, 1.165) is 5.56 Å². The highest BCUT2D eigenvalue weighted by Gasteiger charge is 2.51. The summed E-state index contributed by atoms with van der Waals surface area (Å²) in [5.41, 5.74) is 2.34. The van der Waals surface area contributed by atoms with Gasteiger partial charge < -0.3 is 32.8 Å². The minimum Gasteiger partial charge on any atom is -0.489 e. The van der Waals surface area contributed by atoms with E-state index in [1.165, 1.54) is 32.9 Å². The third kappa shape index (κ3) is 7.09. The smallest absolute Gasteiger partial charge is 0.303 e. The van der Waals surface area contributed by atoms with E-state index >= 15 is 0 Å². The van der Waals surface area contributed by atoms with Gasteiger partial charge in [-0.25, -0.2) is 4.98 Å². The van der Waals surface area contributed by atoms with Crippen LogP contribution in [0.1, 0.15) is 33.3 Å². The van der Waals surface area contributed by atoms with Crippen molar-refractivity contribution in [2.24, 2.45) is 0 Å². The molecule has 0 saturated carbocycles. The number of hydrogen-bond acceptors (Lipinski definition) is 12.